The summed E-state index contributed by atoms with van der Waals surface area (Å²) in [6.07, 6.45) is 1.93. The van der Waals surface area contributed by atoms with Crippen LogP contribution in [0.25, 0.3) is 0 Å². The summed E-state index contributed by atoms with van der Waals surface area (Å²) in [6, 6.07) is 12.0. The molecule has 0 radical (unpaired) electrons. The van der Waals surface area contributed by atoms with Gasteiger partial charge in [-0.2, -0.15) is 9.97 Å². The number of carbonyl (C=O) groups excluding carboxylic acids is 1. The lowest BCUT2D eigenvalue weighted by molar-refractivity contribution is -0.140. The van der Waals surface area contributed by atoms with Gasteiger partial charge in [-0.05, 0) is 18.4 Å². The molecule has 0 saturated carbocycles. The Morgan fingerprint density at radius 1 is 1.08 bits per heavy atom. The molecule has 3 saturated heterocycles. The number of hydrogen-bond acceptors (Lipinski definition) is 6. The minimum atomic E-state index is -0.0140. The maximum Gasteiger partial charge on any atom is 0.228 e. The number of piperidine rings is 1. The first-order valence-electron chi connectivity index (χ1n) is 8.59. The summed E-state index contributed by atoms with van der Waals surface area (Å²) >= 11 is 0. The summed E-state index contributed by atoms with van der Waals surface area (Å²) in [4.78, 5) is 25.3. The molecule has 7 heteroatoms. The third kappa shape index (κ3) is 3.09. The minimum Gasteiger partial charge on any atom is -0.383 e. The highest BCUT2D eigenvalue weighted by Crippen LogP contribution is 2.32. The molecule has 7 nitrogen and oxygen atoms in total. The van der Waals surface area contributed by atoms with Crippen LogP contribution in [0.5, 0.6) is 0 Å². The number of amides is 1. The van der Waals surface area contributed by atoms with E-state index in [9.17, 15) is 4.79 Å². The van der Waals surface area contributed by atoms with Crippen LogP contribution in [0.2, 0.25) is 0 Å². The van der Waals surface area contributed by atoms with Crippen LogP contribution < -0.4 is 16.4 Å². The molecule has 25 heavy (non-hydrogen) atoms. The van der Waals surface area contributed by atoms with Crippen LogP contribution in [0.3, 0.4) is 0 Å². The van der Waals surface area contributed by atoms with E-state index < -0.39 is 0 Å². The molecule has 4 heterocycles. The zero-order valence-corrected chi connectivity index (χ0v) is 14.0. The molecule has 3 aliphatic rings. The molecule has 1 aromatic carbocycles. The highest BCUT2D eigenvalue weighted by Gasteiger charge is 2.41. The first kappa shape index (κ1) is 15.7. The maximum absolute atomic E-state index is 12.9. The quantitative estimate of drug-likeness (QED) is 0.874. The molecule has 130 valence electrons. The predicted octanol–water partition coefficient (Wildman–Crippen LogP) is 1.27. The Labute approximate surface area is 146 Å². The fourth-order valence-corrected chi connectivity index (χ4v) is 3.85. The lowest BCUT2D eigenvalue weighted by Crippen LogP contribution is -2.47. The van der Waals surface area contributed by atoms with Crippen LogP contribution in [-0.4, -0.2) is 39.9 Å². The van der Waals surface area contributed by atoms with Gasteiger partial charge >= 0.3 is 0 Å². The van der Waals surface area contributed by atoms with Crippen LogP contribution in [0.1, 0.15) is 18.4 Å². The van der Waals surface area contributed by atoms with E-state index in [4.69, 9.17) is 11.5 Å². The first-order chi connectivity index (χ1) is 12.1. The SMILES string of the molecule is Nc1cc(N2C[C@H]3CC[C@@H](C2)N(Cc2ccccc2)C3=O)nc(N)n1. The molecule has 2 atom stereocenters. The van der Waals surface area contributed by atoms with Gasteiger partial charge in [0.25, 0.3) is 0 Å². The number of aromatic nitrogens is 2. The Morgan fingerprint density at radius 3 is 2.64 bits per heavy atom. The predicted molar refractivity (Wildman–Crippen MR) is 96.6 cm³/mol. The number of nitrogens with zero attached hydrogens (tertiary/aromatic N) is 4. The molecule has 3 fully saturated rings. The van der Waals surface area contributed by atoms with Gasteiger partial charge in [0.1, 0.15) is 11.6 Å². The second-order valence-electron chi connectivity index (χ2n) is 6.79. The van der Waals surface area contributed by atoms with Crippen molar-refractivity contribution >= 4 is 23.5 Å². The van der Waals surface area contributed by atoms with Gasteiger partial charge in [0.05, 0.1) is 5.92 Å². The van der Waals surface area contributed by atoms with Gasteiger partial charge in [-0.1, -0.05) is 30.3 Å². The highest BCUT2D eigenvalue weighted by atomic mass is 16.2. The number of hydrogen-bond donors (Lipinski definition) is 2. The minimum absolute atomic E-state index is 0.0140. The second kappa shape index (κ2) is 6.23. The van der Waals surface area contributed by atoms with Crippen molar-refractivity contribution in [1.82, 2.24) is 14.9 Å². The number of nitrogens with two attached hydrogens (primary N) is 2. The Kier molecular flexibility index (Phi) is 3.91. The number of carbonyl (C=O) groups is 1. The molecule has 4 N–H and O–H groups in total. The number of anilines is 3. The summed E-state index contributed by atoms with van der Waals surface area (Å²) in [5.74, 6) is 1.44. The van der Waals surface area contributed by atoms with Crippen LogP contribution in [0.4, 0.5) is 17.6 Å². The summed E-state index contributed by atoms with van der Waals surface area (Å²) in [5, 5.41) is 0. The van der Waals surface area contributed by atoms with E-state index >= 15 is 0 Å². The number of nitrogen functional groups attached to an aromatic ring is 2. The molecular formula is C18H22N6O. The Balaban J connectivity index is 1.60. The summed E-state index contributed by atoms with van der Waals surface area (Å²) in [7, 11) is 0. The van der Waals surface area contributed by atoms with Crippen molar-refractivity contribution in [2.75, 3.05) is 29.5 Å². The summed E-state index contributed by atoms with van der Waals surface area (Å²) < 4.78 is 0. The molecule has 1 amide bonds. The Bertz CT molecular complexity index is 760. The van der Waals surface area contributed by atoms with Gasteiger partial charge in [-0.15, -0.1) is 0 Å². The smallest absolute Gasteiger partial charge is 0.228 e. The average Bonchev–Trinajstić information content (AvgIpc) is 2.88. The largest absolute Gasteiger partial charge is 0.383 e. The fourth-order valence-electron chi connectivity index (χ4n) is 3.85. The number of fused-ring (bicyclic) bond motifs is 4. The van der Waals surface area contributed by atoms with Crippen molar-refractivity contribution in [2.24, 2.45) is 5.92 Å². The van der Waals surface area contributed by atoms with E-state index in [1.54, 1.807) is 6.07 Å². The number of benzene rings is 1. The second-order valence-corrected chi connectivity index (χ2v) is 6.79. The third-order valence-corrected chi connectivity index (χ3v) is 5.06. The topological polar surface area (TPSA) is 101 Å². The van der Waals surface area contributed by atoms with Gasteiger partial charge in [0, 0.05) is 31.7 Å². The van der Waals surface area contributed by atoms with E-state index in [-0.39, 0.29) is 23.8 Å². The van der Waals surface area contributed by atoms with Crippen molar-refractivity contribution in [2.45, 2.75) is 25.4 Å². The van der Waals surface area contributed by atoms with Crippen LogP contribution in [0, 0.1) is 5.92 Å². The molecular weight excluding hydrogens is 316 g/mol. The summed E-state index contributed by atoms with van der Waals surface area (Å²) in [5.41, 5.74) is 12.7. The first-order valence-corrected chi connectivity index (χ1v) is 8.59. The van der Waals surface area contributed by atoms with Gasteiger partial charge in [-0.3, -0.25) is 4.79 Å². The average molecular weight is 338 g/mol. The highest BCUT2D eigenvalue weighted by molar-refractivity contribution is 5.81. The van der Waals surface area contributed by atoms with E-state index in [0.29, 0.717) is 24.7 Å². The van der Waals surface area contributed by atoms with E-state index in [0.717, 1.165) is 24.9 Å². The van der Waals surface area contributed by atoms with E-state index in [1.807, 2.05) is 23.1 Å². The molecule has 2 aromatic rings. The van der Waals surface area contributed by atoms with E-state index in [2.05, 4.69) is 27.0 Å². The molecule has 1 aromatic heterocycles. The van der Waals surface area contributed by atoms with Crippen molar-refractivity contribution < 1.29 is 4.79 Å². The molecule has 3 aliphatic heterocycles. The summed E-state index contributed by atoms with van der Waals surface area (Å²) in [6.45, 7) is 2.05. The fraction of sp³-hybridized carbons (Fsp3) is 0.389. The molecule has 0 aliphatic carbocycles. The molecule has 5 rings (SSSR count). The van der Waals surface area contributed by atoms with Gasteiger partial charge in [0.15, 0.2) is 0 Å². The number of rotatable bonds is 3. The van der Waals surface area contributed by atoms with Gasteiger partial charge in [-0.25, -0.2) is 0 Å². The standard InChI is InChI=1S/C18H22N6O/c19-15-8-16(22-18(20)21-15)23-10-13-6-7-14(11-23)24(17(13)25)9-12-4-2-1-3-5-12/h1-5,8,13-14H,6-7,9-11H2,(H4,19,20,21,22)/t13-,14+/m1/s1. The monoisotopic (exact) mass is 338 g/mol. The zero-order chi connectivity index (χ0) is 17.4. The Hall–Kier alpha value is -2.83. The van der Waals surface area contributed by atoms with Crippen molar-refractivity contribution in [3.05, 3.63) is 42.0 Å². The van der Waals surface area contributed by atoms with Crippen molar-refractivity contribution in [3.63, 3.8) is 0 Å². The van der Waals surface area contributed by atoms with Crippen LogP contribution in [0.15, 0.2) is 36.4 Å². The van der Waals surface area contributed by atoms with Crippen molar-refractivity contribution in [3.8, 4) is 0 Å². The van der Waals surface area contributed by atoms with Gasteiger partial charge < -0.3 is 21.3 Å². The molecule has 2 bridgehead atoms. The van der Waals surface area contributed by atoms with Gasteiger partial charge in [0.2, 0.25) is 11.9 Å². The molecule has 0 spiro atoms. The van der Waals surface area contributed by atoms with Crippen LogP contribution in [-0.2, 0) is 11.3 Å². The lowest BCUT2D eigenvalue weighted by atomic mass is 9.93. The normalized spacial score (nSPS) is 23.0. The zero-order valence-electron chi connectivity index (χ0n) is 14.0. The maximum atomic E-state index is 12.9. The van der Waals surface area contributed by atoms with E-state index in [1.165, 1.54) is 0 Å². The lowest BCUT2D eigenvalue weighted by Gasteiger charge is -2.36. The molecule has 0 unspecified atom stereocenters. The third-order valence-electron chi connectivity index (χ3n) is 5.06. The van der Waals surface area contributed by atoms with Crippen LogP contribution >= 0.6 is 0 Å². The van der Waals surface area contributed by atoms with Crippen molar-refractivity contribution in [1.29, 1.82) is 0 Å². The Morgan fingerprint density at radius 2 is 1.88 bits per heavy atom.